The number of aliphatic hydroxyl groups is 3. The van der Waals surface area contributed by atoms with E-state index in [4.69, 9.17) is 15.3 Å². The molecule has 0 radical (unpaired) electrons. The lowest BCUT2D eigenvalue weighted by atomic mass is 9.98. The van der Waals surface area contributed by atoms with Crippen LogP contribution >= 0.6 is 0 Å². The highest BCUT2D eigenvalue weighted by atomic mass is 16.4. The number of hydrogen-bond donors (Lipinski definition) is 4. The summed E-state index contributed by atoms with van der Waals surface area (Å²) in [5.74, 6) is 0. The van der Waals surface area contributed by atoms with Crippen molar-refractivity contribution in [3.63, 3.8) is 0 Å². The molecule has 1 saturated heterocycles. The highest BCUT2D eigenvalue weighted by Crippen LogP contribution is 2.09. The van der Waals surface area contributed by atoms with Gasteiger partial charge >= 0.3 is 0 Å². The van der Waals surface area contributed by atoms with Gasteiger partial charge in [0, 0.05) is 12.6 Å². The van der Waals surface area contributed by atoms with E-state index in [1.165, 1.54) is 0 Å². The molecule has 0 aromatic heterocycles. The Balaban J connectivity index is 2.52. The molecule has 0 bridgehead atoms. The van der Waals surface area contributed by atoms with Crippen LogP contribution in [0.1, 0.15) is 6.92 Å². The second-order valence-electron chi connectivity index (χ2n) is 2.75. The van der Waals surface area contributed by atoms with Crippen molar-refractivity contribution >= 4 is 0 Å². The summed E-state index contributed by atoms with van der Waals surface area (Å²) >= 11 is 0. The van der Waals surface area contributed by atoms with Crippen molar-refractivity contribution in [2.24, 2.45) is 0 Å². The number of β-amino-alcohol motifs (C(OH)–C–C–N with tert-alkyl or cyclic N) is 1. The molecule has 0 aliphatic carbocycles. The Labute approximate surface area is 59.5 Å². The molecule has 0 unspecified atom stereocenters. The minimum Gasteiger partial charge on any atom is -0.389 e. The lowest BCUT2D eigenvalue weighted by molar-refractivity contribution is -0.0910. The van der Waals surface area contributed by atoms with Gasteiger partial charge in [-0.1, -0.05) is 0 Å². The monoisotopic (exact) mass is 147 g/mol. The predicted molar refractivity (Wildman–Crippen MR) is 35.5 cm³/mol. The van der Waals surface area contributed by atoms with Gasteiger partial charge in [0.1, 0.15) is 6.10 Å². The first-order valence-electron chi connectivity index (χ1n) is 3.40. The lowest BCUT2D eigenvalue weighted by Gasteiger charge is -2.33. The Morgan fingerprint density at radius 2 is 1.80 bits per heavy atom. The number of aliphatic hydroxyl groups excluding tert-OH is 3. The average Bonchev–Trinajstić information content (AvgIpc) is 1.93. The lowest BCUT2D eigenvalue weighted by Crippen LogP contribution is -2.58. The fourth-order valence-electron chi connectivity index (χ4n) is 1.07. The molecule has 1 aliphatic rings. The highest BCUT2D eigenvalue weighted by molar-refractivity contribution is 4.89. The first-order chi connectivity index (χ1) is 4.63. The third-order valence-electron chi connectivity index (χ3n) is 1.91. The molecule has 4 nitrogen and oxygen atoms in total. The average molecular weight is 147 g/mol. The van der Waals surface area contributed by atoms with E-state index < -0.39 is 18.3 Å². The molecule has 0 aromatic rings. The van der Waals surface area contributed by atoms with Crippen LogP contribution in [0, 0.1) is 0 Å². The summed E-state index contributed by atoms with van der Waals surface area (Å²) in [6.45, 7) is 2.11. The highest BCUT2D eigenvalue weighted by Gasteiger charge is 2.33. The number of rotatable bonds is 0. The van der Waals surface area contributed by atoms with Crippen molar-refractivity contribution < 1.29 is 15.3 Å². The fraction of sp³-hybridized carbons (Fsp3) is 1.00. The molecular formula is C6H13NO3. The zero-order chi connectivity index (χ0) is 7.72. The van der Waals surface area contributed by atoms with Gasteiger partial charge in [0.15, 0.2) is 0 Å². The summed E-state index contributed by atoms with van der Waals surface area (Å²) in [7, 11) is 0. The Kier molecular flexibility index (Phi) is 2.25. The zero-order valence-electron chi connectivity index (χ0n) is 5.86. The number of hydrogen-bond acceptors (Lipinski definition) is 4. The largest absolute Gasteiger partial charge is 0.389 e. The second kappa shape index (κ2) is 2.84. The van der Waals surface area contributed by atoms with E-state index >= 15 is 0 Å². The Bertz CT molecular complexity index is 106. The zero-order valence-corrected chi connectivity index (χ0v) is 5.86. The van der Waals surface area contributed by atoms with Gasteiger partial charge in [-0.25, -0.2) is 0 Å². The van der Waals surface area contributed by atoms with E-state index in [1.807, 2.05) is 0 Å². The summed E-state index contributed by atoms with van der Waals surface area (Å²) in [5.41, 5.74) is 0. The van der Waals surface area contributed by atoms with E-state index in [2.05, 4.69) is 5.32 Å². The summed E-state index contributed by atoms with van der Waals surface area (Å²) in [6.07, 6.45) is -2.70. The summed E-state index contributed by atoms with van der Waals surface area (Å²) in [6, 6.07) is -0.140. The van der Waals surface area contributed by atoms with E-state index in [9.17, 15) is 0 Å². The van der Waals surface area contributed by atoms with Crippen LogP contribution in [-0.4, -0.2) is 46.2 Å². The molecule has 1 heterocycles. The Morgan fingerprint density at radius 1 is 1.20 bits per heavy atom. The van der Waals surface area contributed by atoms with Gasteiger partial charge in [0.05, 0.1) is 12.2 Å². The normalized spacial score (nSPS) is 49.2. The molecular weight excluding hydrogens is 134 g/mol. The number of piperidine rings is 1. The topological polar surface area (TPSA) is 72.7 Å². The third kappa shape index (κ3) is 1.29. The van der Waals surface area contributed by atoms with E-state index in [0.717, 1.165) is 0 Å². The Morgan fingerprint density at radius 3 is 2.30 bits per heavy atom. The molecule has 1 aliphatic heterocycles. The molecule has 4 N–H and O–H groups in total. The summed E-state index contributed by atoms with van der Waals surface area (Å²) < 4.78 is 0. The molecule has 0 spiro atoms. The molecule has 1 rings (SSSR count). The van der Waals surface area contributed by atoms with Gasteiger partial charge in [-0.2, -0.15) is 0 Å². The molecule has 0 amide bonds. The van der Waals surface area contributed by atoms with Crippen LogP contribution in [0.4, 0.5) is 0 Å². The van der Waals surface area contributed by atoms with E-state index in [-0.39, 0.29) is 6.04 Å². The van der Waals surface area contributed by atoms with E-state index in [0.29, 0.717) is 6.54 Å². The van der Waals surface area contributed by atoms with Crippen molar-refractivity contribution in [2.75, 3.05) is 6.54 Å². The third-order valence-corrected chi connectivity index (χ3v) is 1.91. The molecule has 10 heavy (non-hydrogen) atoms. The molecule has 60 valence electrons. The van der Waals surface area contributed by atoms with Gasteiger partial charge in [-0.3, -0.25) is 0 Å². The van der Waals surface area contributed by atoms with Crippen LogP contribution in [0.15, 0.2) is 0 Å². The first kappa shape index (κ1) is 7.94. The second-order valence-corrected chi connectivity index (χ2v) is 2.75. The van der Waals surface area contributed by atoms with Crippen LogP contribution in [0.5, 0.6) is 0 Å². The summed E-state index contributed by atoms with van der Waals surface area (Å²) in [4.78, 5) is 0. The van der Waals surface area contributed by atoms with Crippen LogP contribution in [-0.2, 0) is 0 Å². The van der Waals surface area contributed by atoms with Gasteiger partial charge in [-0.15, -0.1) is 0 Å². The first-order valence-corrected chi connectivity index (χ1v) is 3.40. The van der Waals surface area contributed by atoms with Gasteiger partial charge in [0.25, 0.3) is 0 Å². The molecule has 4 atom stereocenters. The standard InChI is InChI=1S/C6H13NO3/c1-3-5(9)6(10)4(8)2-7-3/h3-10H,2H2,1H3/t3-,4-,5-,6-/m0/s1. The van der Waals surface area contributed by atoms with Gasteiger partial charge < -0.3 is 20.6 Å². The maximum atomic E-state index is 9.14. The minimum atomic E-state index is -1.00. The smallest absolute Gasteiger partial charge is 0.108 e. The van der Waals surface area contributed by atoms with E-state index in [1.54, 1.807) is 6.92 Å². The Hall–Kier alpha value is -0.160. The molecule has 4 heteroatoms. The van der Waals surface area contributed by atoms with Gasteiger partial charge in [-0.05, 0) is 6.92 Å². The minimum absolute atomic E-state index is 0.140. The fourth-order valence-corrected chi connectivity index (χ4v) is 1.07. The van der Waals surface area contributed by atoms with Gasteiger partial charge in [0.2, 0.25) is 0 Å². The summed E-state index contributed by atoms with van der Waals surface area (Å²) in [5, 5.41) is 30.1. The van der Waals surface area contributed by atoms with Crippen LogP contribution in [0.25, 0.3) is 0 Å². The van der Waals surface area contributed by atoms with Crippen molar-refractivity contribution in [3.05, 3.63) is 0 Å². The molecule has 0 saturated carbocycles. The molecule has 1 fully saturated rings. The van der Waals surface area contributed by atoms with Crippen LogP contribution in [0.3, 0.4) is 0 Å². The maximum absolute atomic E-state index is 9.14. The van der Waals surface area contributed by atoms with Crippen LogP contribution in [0.2, 0.25) is 0 Å². The van der Waals surface area contributed by atoms with Crippen molar-refractivity contribution in [1.82, 2.24) is 5.32 Å². The SMILES string of the molecule is C[C@@H]1NC[C@H](O)[C@H](O)[C@H]1O. The predicted octanol–water partition coefficient (Wildman–Crippen LogP) is -1.94. The quantitative estimate of drug-likeness (QED) is 0.322. The maximum Gasteiger partial charge on any atom is 0.108 e. The van der Waals surface area contributed by atoms with Crippen LogP contribution < -0.4 is 5.32 Å². The van der Waals surface area contributed by atoms with Crippen molar-refractivity contribution in [3.8, 4) is 0 Å². The van der Waals surface area contributed by atoms with Crippen molar-refractivity contribution in [1.29, 1.82) is 0 Å². The van der Waals surface area contributed by atoms with Crippen molar-refractivity contribution in [2.45, 2.75) is 31.3 Å². The molecule has 0 aromatic carbocycles. The number of nitrogens with one attached hydrogen (secondary N) is 1.